The first-order valence-electron chi connectivity index (χ1n) is 11.4. The molecule has 0 unspecified atom stereocenters. The molecule has 0 aliphatic heterocycles. The van der Waals surface area contributed by atoms with E-state index >= 15 is 0 Å². The van der Waals surface area contributed by atoms with Crippen LogP contribution in [-0.2, 0) is 6.18 Å². The Kier molecular flexibility index (Phi) is 7.94. The van der Waals surface area contributed by atoms with Crippen LogP contribution >= 0.6 is 0 Å². The van der Waals surface area contributed by atoms with Crippen LogP contribution in [0.15, 0.2) is 85.1 Å². The van der Waals surface area contributed by atoms with Crippen LogP contribution in [-0.4, -0.2) is 35.9 Å². The first kappa shape index (κ1) is 24.6. The minimum atomic E-state index is -4.39. The number of nitrogens with one attached hydrogen (secondary N) is 2. The molecule has 3 N–H and O–H groups in total. The molecule has 4 rings (SSSR count). The molecule has 0 saturated heterocycles. The van der Waals surface area contributed by atoms with Crippen molar-refractivity contribution in [2.24, 2.45) is 0 Å². The number of hydrogen-bond acceptors (Lipinski definition) is 4. The van der Waals surface area contributed by atoms with E-state index in [-0.39, 0.29) is 12.7 Å². The van der Waals surface area contributed by atoms with Crippen molar-refractivity contribution in [2.45, 2.75) is 24.8 Å². The summed E-state index contributed by atoms with van der Waals surface area (Å²) in [6, 6.07) is 21.8. The highest BCUT2D eigenvalue weighted by atomic mass is 19.4. The lowest BCUT2D eigenvalue weighted by molar-refractivity contribution is -0.137. The number of H-pyrrole nitrogens is 1. The summed E-state index contributed by atoms with van der Waals surface area (Å²) in [6.45, 7) is 0.997. The van der Waals surface area contributed by atoms with Crippen LogP contribution in [0.2, 0.25) is 0 Å². The van der Waals surface area contributed by atoms with Crippen LogP contribution in [0.25, 0.3) is 10.9 Å². The fraction of sp³-hybridized carbons (Fsp3) is 0.259. The van der Waals surface area contributed by atoms with E-state index in [9.17, 15) is 18.3 Å². The molecule has 0 radical (unpaired) electrons. The van der Waals surface area contributed by atoms with Gasteiger partial charge in [0, 0.05) is 30.1 Å². The van der Waals surface area contributed by atoms with E-state index in [1.807, 2.05) is 60.8 Å². The number of alkyl halides is 3. The molecule has 0 bridgehead atoms. The SMILES string of the molecule is O[C@@H](CNCC[C@H](Oc1ccc(C(F)(F)F)cc1)c1ccccc1)COc1cccc2[nH]ccc12. The molecule has 0 aliphatic rings. The Balaban J connectivity index is 1.28. The van der Waals surface area contributed by atoms with Gasteiger partial charge in [0.15, 0.2) is 0 Å². The molecule has 0 amide bonds. The summed E-state index contributed by atoms with van der Waals surface area (Å²) in [4.78, 5) is 3.12. The fourth-order valence-electron chi connectivity index (χ4n) is 3.78. The molecular formula is C27H27F3N2O3. The Bertz CT molecular complexity index is 1190. The van der Waals surface area contributed by atoms with Gasteiger partial charge < -0.3 is 24.9 Å². The summed E-state index contributed by atoms with van der Waals surface area (Å²) < 4.78 is 50.3. The van der Waals surface area contributed by atoms with Gasteiger partial charge in [-0.3, -0.25) is 0 Å². The summed E-state index contributed by atoms with van der Waals surface area (Å²) in [7, 11) is 0. The molecule has 1 heterocycles. The minimum Gasteiger partial charge on any atom is -0.490 e. The third-order valence-corrected chi connectivity index (χ3v) is 5.58. The zero-order valence-electron chi connectivity index (χ0n) is 19.0. The third-order valence-electron chi connectivity index (χ3n) is 5.58. The van der Waals surface area contributed by atoms with Crippen molar-refractivity contribution in [3.8, 4) is 11.5 Å². The highest BCUT2D eigenvalue weighted by Crippen LogP contribution is 2.32. The standard InChI is InChI=1S/C27H27F3N2O3/c28-27(29,30)20-9-11-22(12-10-20)35-25(19-5-2-1-3-6-19)14-15-31-17-21(33)18-34-26-8-4-7-24-23(26)13-16-32-24/h1-13,16,21,25,31-33H,14-15,17-18H2/t21-,25-/m0/s1. The molecule has 1 aromatic heterocycles. The zero-order valence-corrected chi connectivity index (χ0v) is 19.0. The lowest BCUT2D eigenvalue weighted by Gasteiger charge is -2.21. The second kappa shape index (κ2) is 11.3. The Labute approximate surface area is 201 Å². The molecule has 5 nitrogen and oxygen atoms in total. The number of aliphatic hydroxyl groups excluding tert-OH is 1. The van der Waals surface area contributed by atoms with Crippen molar-refractivity contribution in [1.29, 1.82) is 0 Å². The summed E-state index contributed by atoms with van der Waals surface area (Å²) in [5.41, 5.74) is 1.17. The van der Waals surface area contributed by atoms with Crippen LogP contribution in [0.1, 0.15) is 23.7 Å². The van der Waals surface area contributed by atoms with E-state index in [0.717, 1.165) is 28.6 Å². The van der Waals surface area contributed by atoms with Crippen molar-refractivity contribution in [3.63, 3.8) is 0 Å². The van der Waals surface area contributed by atoms with E-state index in [2.05, 4.69) is 10.3 Å². The molecule has 0 saturated carbocycles. The van der Waals surface area contributed by atoms with Crippen molar-refractivity contribution in [1.82, 2.24) is 10.3 Å². The quantitative estimate of drug-likeness (QED) is 0.238. The van der Waals surface area contributed by atoms with Crippen LogP contribution in [0.3, 0.4) is 0 Å². The number of halogens is 3. The average Bonchev–Trinajstić information content (AvgIpc) is 3.34. The number of aromatic amines is 1. The highest BCUT2D eigenvalue weighted by Gasteiger charge is 2.30. The average molecular weight is 485 g/mol. The molecular weight excluding hydrogens is 457 g/mol. The molecule has 0 fully saturated rings. The Morgan fingerprint density at radius 1 is 0.914 bits per heavy atom. The largest absolute Gasteiger partial charge is 0.490 e. The lowest BCUT2D eigenvalue weighted by atomic mass is 10.1. The predicted molar refractivity (Wildman–Crippen MR) is 129 cm³/mol. The number of aliphatic hydroxyl groups is 1. The number of benzene rings is 3. The first-order chi connectivity index (χ1) is 16.9. The Morgan fingerprint density at radius 2 is 1.69 bits per heavy atom. The van der Waals surface area contributed by atoms with Crippen LogP contribution in [0.4, 0.5) is 13.2 Å². The summed E-state index contributed by atoms with van der Waals surface area (Å²) in [6.07, 6.45) is -3.07. The summed E-state index contributed by atoms with van der Waals surface area (Å²) >= 11 is 0. The van der Waals surface area contributed by atoms with Crippen LogP contribution < -0.4 is 14.8 Å². The molecule has 0 aliphatic carbocycles. The van der Waals surface area contributed by atoms with Gasteiger partial charge in [0.2, 0.25) is 0 Å². The maximum absolute atomic E-state index is 12.8. The minimum absolute atomic E-state index is 0.140. The topological polar surface area (TPSA) is 66.5 Å². The molecule has 3 aromatic carbocycles. The number of aromatic nitrogens is 1. The van der Waals surface area contributed by atoms with E-state index in [1.54, 1.807) is 0 Å². The van der Waals surface area contributed by atoms with Gasteiger partial charge in [0.05, 0.1) is 5.56 Å². The van der Waals surface area contributed by atoms with Gasteiger partial charge in [-0.15, -0.1) is 0 Å². The van der Waals surface area contributed by atoms with Crippen molar-refractivity contribution in [3.05, 3.63) is 96.2 Å². The monoisotopic (exact) mass is 484 g/mol. The molecule has 4 aromatic rings. The Hall–Kier alpha value is -3.49. The van der Waals surface area contributed by atoms with Crippen molar-refractivity contribution in [2.75, 3.05) is 19.7 Å². The van der Waals surface area contributed by atoms with E-state index in [4.69, 9.17) is 9.47 Å². The Morgan fingerprint density at radius 3 is 2.43 bits per heavy atom. The van der Waals surface area contributed by atoms with Crippen LogP contribution in [0, 0.1) is 0 Å². The van der Waals surface area contributed by atoms with Crippen molar-refractivity contribution >= 4 is 10.9 Å². The number of hydrogen-bond donors (Lipinski definition) is 3. The molecule has 184 valence electrons. The van der Waals surface area contributed by atoms with Crippen molar-refractivity contribution < 1.29 is 27.8 Å². The maximum atomic E-state index is 12.8. The van der Waals surface area contributed by atoms with E-state index in [1.165, 1.54) is 12.1 Å². The highest BCUT2D eigenvalue weighted by molar-refractivity contribution is 5.85. The van der Waals surface area contributed by atoms with Gasteiger partial charge in [0.25, 0.3) is 0 Å². The zero-order chi connectivity index (χ0) is 24.7. The summed E-state index contributed by atoms with van der Waals surface area (Å²) in [5.74, 6) is 1.07. The number of ether oxygens (including phenoxy) is 2. The van der Waals surface area contributed by atoms with Gasteiger partial charge in [0.1, 0.15) is 30.3 Å². The number of rotatable bonds is 11. The maximum Gasteiger partial charge on any atom is 0.416 e. The molecule has 8 heteroatoms. The number of fused-ring (bicyclic) bond motifs is 1. The second-order valence-corrected chi connectivity index (χ2v) is 8.19. The molecule has 0 spiro atoms. The van der Waals surface area contributed by atoms with Gasteiger partial charge in [-0.05, 0) is 54.6 Å². The molecule has 35 heavy (non-hydrogen) atoms. The van der Waals surface area contributed by atoms with E-state index in [0.29, 0.717) is 31.0 Å². The lowest BCUT2D eigenvalue weighted by Crippen LogP contribution is -2.32. The third kappa shape index (κ3) is 6.77. The smallest absolute Gasteiger partial charge is 0.416 e. The first-order valence-corrected chi connectivity index (χ1v) is 11.4. The summed E-state index contributed by atoms with van der Waals surface area (Å²) in [5, 5.41) is 14.5. The molecule has 2 atom stereocenters. The van der Waals surface area contributed by atoms with Gasteiger partial charge >= 0.3 is 6.18 Å². The second-order valence-electron chi connectivity index (χ2n) is 8.19. The van der Waals surface area contributed by atoms with Gasteiger partial charge in [-0.1, -0.05) is 36.4 Å². The van der Waals surface area contributed by atoms with Gasteiger partial charge in [-0.25, -0.2) is 0 Å². The fourth-order valence-corrected chi connectivity index (χ4v) is 3.78. The predicted octanol–water partition coefficient (Wildman–Crippen LogP) is 5.73. The van der Waals surface area contributed by atoms with Gasteiger partial charge in [-0.2, -0.15) is 13.2 Å². The normalized spacial score (nSPS) is 13.5. The van der Waals surface area contributed by atoms with Crippen LogP contribution in [0.5, 0.6) is 11.5 Å². The van der Waals surface area contributed by atoms with E-state index < -0.39 is 17.8 Å².